The first kappa shape index (κ1) is 11.5. The van der Waals surface area contributed by atoms with Crippen LogP contribution in [-0.2, 0) is 0 Å². The third-order valence-corrected chi connectivity index (χ3v) is 5.88. The molecule has 15 heavy (non-hydrogen) atoms. The van der Waals surface area contributed by atoms with Crippen molar-refractivity contribution in [2.24, 2.45) is 29.1 Å². The van der Waals surface area contributed by atoms with E-state index in [1.54, 1.807) is 0 Å². The zero-order valence-electron chi connectivity index (χ0n) is 11.1. The molecule has 0 radical (unpaired) electrons. The van der Waals surface area contributed by atoms with Crippen LogP contribution < -0.4 is 0 Å². The molecule has 0 N–H and O–H groups in total. The predicted molar refractivity (Wildman–Crippen MR) is 66.8 cm³/mol. The summed E-state index contributed by atoms with van der Waals surface area (Å²) < 4.78 is 0. The first-order chi connectivity index (χ1) is 7.09. The minimum Gasteiger partial charge on any atom is -0.0651 e. The molecule has 0 aromatic carbocycles. The summed E-state index contributed by atoms with van der Waals surface area (Å²) in [5.41, 5.74) is 0.701. The van der Waals surface area contributed by atoms with Crippen LogP contribution in [0.4, 0.5) is 0 Å². The van der Waals surface area contributed by atoms with Crippen LogP contribution in [0.15, 0.2) is 0 Å². The molecule has 2 fully saturated rings. The predicted octanol–water partition coefficient (Wildman–Crippen LogP) is 4.89. The Balaban J connectivity index is 2.17. The van der Waals surface area contributed by atoms with Gasteiger partial charge in [0.2, 0.25) is 0 Å². The lowest BCUT2D eigenvalue weighted by Gasteiger charge is -2.46. The Morgan fingerprint density at radius 1 is 1.27 bits per heavy atom. The molecule has 2 aliphatic carbocycles. The average Bonchev–Trinajstić information content (AvgIpc) is 2.56. The maximum atomic E-state index is 2.61. The lowest BCUT2D eigenvalue weighted by Crippen LogP contribution is -2.38. The van der Waals surface area contributed by atoms with Gasteiger partial charge in [-0.3, -0.25) is 0 Å². The fourth-order valence-corrected chi connectivity index (χ4v) is 4.82. The Hall–Kier alpha value is 0. The molecule has 0 aromatic rings. The molecule has 2 aliphatic rings. The molecule has 0 heterocycles. The zero-order valence-corrected chi connectivity index (χ0v) is 11.1. The molecular formula is C15H28. The van der Waals surface area contributed by atoms with Crippen molar-refractivity contribution in [2.45, 2.75) is 66.2 Å². The molecule has 0 nitrogen and oxygen atoms in total. The molecule has 0 amide bonds. The van der Waals surface area contributed by atoms with E-state index in [9.17, 15) is 0 Å². The average molecular weight is 208 g/mol. The molecule has 0 spiro atoms. The van der Waals surface area contributed by atoms with E-state index in [-0.39, 0.29) is 0 Å². The Morgan fingerprint density at radius 2 is 2.00 bits per heavy atom. The van der Waals surface area contributed by atoms with Crippen molar-refractivity contribution in [2.75, 3.05) is 0 Å². The summed E-state index contributed by atoms with van der Waals surface area (Å²) >= 11 is 0. The molecule has 2 rings (SSSR count). The third kappa shape index (κ3) is 1.74. The summed E-state index contributed by atoms with van der Waals surface area (Å²) in [6, 6.07) is 0. The molecule has 88 valence electrons. The molecular weight excluding hydrogens is 180 g/mol. The van der Waals surface area contributed by atoms with Gasteiger partial charge in [0.15, 0.2) is 0 Å². The highest BCUT2D eigenvalue weighted by molar-refractivity contribution is 5.00. The van der Waals surface area contributed by atoms with Gasteiger partial charge >= 0.3 is 0 Å². The van der Waals surface area contributed by atoms with E-state index < -0.39 is 0 Å². The van der Waals surface area contributed by atoms with E-state index in [0.29, 0.717) is 5.41 Å². The SMILES string of the molecule is CCC(C)C1CCC2C(C)CCCC12C. The minimum absolute atomic E-state index is 0.701. The van der Waals surface area contributed by atoms with Crippen LogP contribution in [0.25, 0.3) is 0 Å². The van der Waals surface area contributed by atoms with Crippen molar-refractivity contribution in [3.05, 3.63) is 0 Å². The van der Waals surface area contributed by atoms with E-state index in [4.69, 9.17) is 0 Å². The maximum absolute atomic E-state index is 2.61. The van der Waals surface area contributed by atoms with Gasteiger partial charge in [-0.1, -0.05) is 47.0 Å². The fraction of sp³-hybridized carbons (Fsp3) is 1.00. The van der Waals surface area contributed by atoms with Crippen LogP contribution in [-0.4, -0.2) is 0 Å². The first-order valence-electron chi connectivity index (χ1n) is 7.09. The molecule has 0 bridgehead atoms. The van der Waals surface area contributed by atoms with Crippen molar-refractivity contribution in [3.8, 4) is 0 Å². The quantitative estimate of drug-likeness (QED) is 0.606. The molecule has 5 atom stereocenters. The summed E-state index contributed by atoms with van der Waals surface area (Å²) in [5.74, 6) is 4.02. The van der Waals surface area contributed by atoms with Crippen molar-refractivity contribution >= 4 is 0 Å². The largest absolute Gasteiger partial charge is 0.0651 e. The normalized spacial score (nSPS) is 47.6. The van der Waals surface area contributed by atoms with Crippen LogP contribution in [0.5, 0.6) is 0 Å². The fourth-order valence-electron chi connectivity index (χ4n) is 4.82. The molecule has 0 heteroatoms. The van der Waals surface area contributed by atoms with Crippen LogP contribution in [0, 0.1) is 29.1 Å². The number of rotatable bonds is 2. The Labute approximate surface area is 95.8 Å². The van der Waals surface area contributed by atoms with E-state index in [2.05, 4.69) is 27.7 Å². The maximum Gasteiger partial charge on any atom is -0.0264 e. The monoisotopic (exact) mass is 208 g/mol. The second kappa shape index (κ2) is 4.11. The van der Waals surface area contributed by atoms with E-state index in [0.717, 1.165) is 23.7 Å². The standard InChI is InChI=1S/C15H28/c1-5-11(2)13-8-9-14-12(3)7-6-10-15(13,14)4/h11-14H,5-10H2,1-4H3. The second-order valence-corrected chi connectivity index (χ2v) is 6.55. The number of hydrogen-bond donors (Lipinski definition) is 0. The lowest BCUT2D eigenvalue weighted by molar-refractivity contribution is 0.0362. The van der Waals surface area contributed by atoms with Crippen molar-refractivity contribution in [3.63, 3.8) is 0 Å². The van der Waals surface area contributed by atoms with Crippen LogP contribution in [0.3, 0.4) is 0 Å². The van der Waals surface area contributed by atoms with Crippen molar-refractivity contribution in [1.82, 2.24) is 0 Å². The molecule has 2 saturated carbocycles. The van der Waals surface area contributed by atoms with Crippen molar-refractivity contribution in [1.29, 1.82) is 0 Å². The van der Waals surface area contributed by atoms with Crippen LogP contribution in [0.2, 0.25) is 0 Å². The number of hydrogen-bond acceptors (Lipinski definition) is 0. The summed E-state index contributed by atoms with van der Waals surface area (Å²) in [5, 5.41) is 0. The van der Waals surface area contributed by atoms with Gasteiger partial charge in [0.25, 0.3) is 0 Å². The van der Waals surface area contributed by atoms with Gasteiger partial charge in [-0.25, -0.2) is 0 Å². The van der Waals surface area contributed by atoms with Crippen LogP contribution >= 0.6 is 0 Å². The van der Waals surface area contributed by atoms with Gasteiger partial charge in [-0.15, -0.1) is 0 Å². The van der Waals surface area contributed by atoms with Crippen molar-refractivity contribution < 1.29 is 0 Å². The van der Waals surface area contributed by atoms with Gasteiger partial charge in [-0.05, 0) is 48.3 Å². The highest BCUT2D eigenvalue weighted by Crippen LogP contribution is 2.59. The topological polar surface area (TPSA) is 0 Å². The Kier molecular flexibility index (Phi) is 3.14. The lowest BCUT2D eigenvalue weighted by atomic mass is 9.59. The van der Waals surface area contributed by atoms with E-state index in [1.165, 1.54) is 38.5 Å². The summed E-state index contributed by atoms with van der Waals surface area (Å²) in [6.07, 6.45) is 8.90. The van der Waals surface area contributed by atoms with Gasteiger partial charge in [-0.2, -0.15) is 0 Å². The third-order valence-electron chi connectivity index (χ3n) is 5.88. The van der Waals surface area contributed by atoms with E-state index >= 15 is 0 Å². The smallest absolute Gasteiger partial charge is 0.0264 e. The van der Waals surface area contributed by atoms with Gasteiger partial charge in [0, 0.05) is 0 Å². The van der Waals surface area contributed by atoms with Gasteiger partial charge < -0.3 is 0 Å². The first-order valence-corrected chi connectivity index (χ1v) is 7.09. The second-order valence-electron chi connectivity index (χ2n) is 6.55. The summed E-state index contributed by atoms with van der Waals surface area (Å²) in [6.45, 7) is 9.96. The Morgan fingerprint density at radius 3 is 2.67 bits per heavy atom. The van der Waals surface area contributed by atoms with Gasteiger partial charge in [0.1, 0.15) is 0 Å². The number of fused-ring (bicyclic) bond motifs is 1. The highest BCUT2D eigenvalue weighted by Gasteiger charge is 2.50. The Bertz CT molecular complexity index is 220. The highest BCUT2D eigenvalue weighted by atomic mass is 14.6. The molecule has 5 unspecified atom stereocenters. The van der Waals surface area contributed by atoms with Gasteiger partial charge in [0.05, 0.1) is 0 Å². The minimum atomic E-state index is 0.701. The zero-order chi connectivity index (χ0) is 11.1. The summed E-state index contributed by atoms with van der Waals surface area (Å²) in [7, 11) is 0. The van der Waals surface area contributed by atoms with Crippen LogP contribution in [0.1, 0.15) is 66.2 Å². The molecule has 0 saturated heterocycles. The van der Waals surface area contributed by atoms with E-state index in [1.807, 2.05) is 0 Å². The molecule has 0 aliphatic heterocycles. The molecule has 0 aromatic heterocycles. The summed E-state index contributed by atoms with van der Waals surface area (Å²) in [4.78, 5) is 0.